The number of hydrogen-bond acceptors (Lipinski definition) is 5. The van der Waals surface area contributed by atoms with Gasteiger partial charge in [0.25, 0.3) is 0 Å². The Morgan fingerprint density at radius 1 is 1.36 bits per heavy atom. The van der Waals surface area contributed by atoms with E-state index < -0.39 is 0 Å². The van der Waals surface area contributed by atoms with Crippen LogP contribution >= 0.6 is 0 Å². The fourth-order valence-electron chi connectivity index (χ4n) is 2.41. The predicted molar refractivity (Wildman–Crippen MR) is 76.8 cm³/mol. The first-order valence-electron chi connectivity index (χ1n) is 7.29. The zero-order chi connectivity index (χ0) is 15.4. The van der Waals surface area contributed by atoms with Gasteiger partial charge in [0.1, 0.15) is 12.4 Å². The third kappa shape index (κ3) is 3.41. The van der Waals surface area contributed by atoms with Gasteiger partial charge in [-0.15, -0.1) is 0 Å². The zero-order valence-electron chi connectivity index (χ0n) is 12.1. The third-order valence-corrected chi connectivity index (χ3v) is 3.65. The molecule has 0 bridgehead atoms. The van der Waals surface area contributed by atoms with Crippen LogP contribution in [0.15, 0.2) is 18.2 Å². The predicted octanol–water partition coefficient (Wildman–Crippen LogP) is 0.436. The number of carbonyl (C=O) groups excluding carboxylic acids is 2. The first-order valence-corrected chi connectivity index (χ1v) is 7.29. The molecule has 2 amide bonds. The van der Waals surface area contributed by atoms with Gasteiger partial charge in [0.05, 0.1) is 12.5 Å². The molecule has 2 aliphatic rings. The number of hydrogen-bond donors (Lipinski definition) is 2. The number of rotatable bonds is 5. The molecule has 0 radical (unpaired) electrons. The van der Waals surface area contributed by atoms with E-state index in [1.165, 1.54) is 0 Å². The van der Waals surface area contributed by atoms with E-state index in [0.717, 1.165) is 0 Å². The molecule has 3 rings (SSSR count). The summed E-state index contributed by atoms with van der Waals surface area (Å²) >= 11 is 0. The minimum absolute atomic E-state index is 0.00944. The number of benzene rings is 1. The normalized spacial score (nSPS) is 19.5. The number of fused-ring (bicyclic) bond motifs is 1. The van der Waals surface area contributed by atoms with Gasteiger partial charge < -0.3 is 24.8 Å². The van der Waals surface area contributed by atoms with Crippen molar-refractivity contribution in [1.82, 2.24) is 10.6 Å². The summed E-state index contributed by atoms with van der Waals surface area (Å²) in [6, 6.07) is 5.35. The van der Waals surface area contributed by atoms with E-state index >= 15 is 0 Å². The first kappa shape index (κ1) is 14.5. The molecule has 22 heavy (non-hydrogen) atoms. The van der Waals surface area contributed by atoms with Crippen molar-refractivity contribution in [3.8, 4) is 17.2 Å². The average Bonchev–Trinajstić information content (AvgIpc) is 2.99. The van der Waals surface area contributed by atoms with E-state index in [-0.39, 0.29) is 24.5 Å². The van der Waals surface area contributed by atoms with Gasteiger partial charge >= 0.3 is 0 Å². The van der Waals surface area contributed by atoms with Gasteiger partial charge in [-0.2, -0.15) is 0 Å². The highest BCUT2D eigenvalue weighted by Gasteiger charge is 2.23. The number of nitrogens with one attached hydrogen (secondary N) is 2. The van der Waals surface area contributed by atoms with Crippen molar-refractivity contribution >= 4 is 11.8 Å². The quantitative estimate of drug-likeness (QED) is 0.771. The Bertz CT molecular complexity index is 565. The summed E-state index contributed by atoms with van der Waals surface area (Å²) in [5.41, 5.74) is 0. The summed E-state index contributed by atoms with van der Waals surface area (Å²) in [5, 5.41) is 5.51. The van der Waals surface area contributed by atoms with Crippen LogP contribution in [0.1, 0.15) is 12.8 Å². The number of piperidine rings is 1. The molecule has 1 fully saturated rings. The average molecular weight is 306 g/mol. The Kier molecular flexibility index (Phi) is 4.32. The number of carbonyl (C=O) groups is 2. The van der Waals surface area contributed by atoms with Crippen LogP contribution in [0.25, 0.3) is 0 Å². The van der Waals surface area contributed by atoms with Gasteiger partial charge in [-0.05, 0) is 18.6 Å². The molecule has 0 aromatic heterocycles. The van der Waals surface area contributed by atoms with E-state index in [1.54, 1.807) is 18.2 Å². The Morgan fingerprint density at radius 2 is 2.23 bits per heavy atom. The van der Waals surface area contributed by atoms with Gasteiger partial charge in [-0.25, -0.2) is 0 Å². The molecule has 1 aromatic carbocycles. The van der Waals surface area contributed by atoms with Crippen LogP contribution in [0.5, 0.6) is 17.2 Å². The lowest BCUT2D eigenvalue weighted by Crippen LogP contribution is -2.43. The summed E-state index contributed by atoms with van der Waals surface area (Å²) in [5.74, 6) is 1.86. The van der Waals surface area contributed by atoms with Gasteiger partial charge in [0.2, 0.25) is 18.6 Å². The molecule has 2 aliphatic heterocycles. The lowest BCUT2D eigenvalue weighted by Gasteiger charge is -2.21. The Balaban J connectivity index is 1.38. The maximum Gasteiger partial charge on any atom is 0.231 e. The Morgan fingerprint density at radius 3 is 3.05 bits per heavy atom. The monoisotopic (exact) mass is 306 g/mol. The van der Waals surface area contributed by atoms with E-state index in [2.05, 4.69) is 10.6 Å². The molecular formula is C15H18N2O5. The maximum absolute atomic E-state index is 11.9. The van der Waals surface area contributed by atoms with Crippen molar-refractivity contribution in [3.63, 3.8) is 0 Å². The van der Waals surface area contributed by atoms with Crippen LogP contribution in [0.2, 0.25) is 0 Å². The highest BCUT2D eigenvalue weighted by Crippen LogP contribution is 2.34. The molecule has 0 unspecified atom stereocenters. The number of amides is 2. The Labute approximate surface area is 127 Å². The summed E-state index contributed by atoms with van der Waals surface area (Å²) in [6.07, 6.45) is 1.01. The molecule has 2 heterocycles. The van der Waals surface area contributed by atoms with Gasteiger partial charge in [-0.1, -0.05) is 0 Å². The summed E-state index contributed by atoms with van der Waals surface area (Å²) in [6.45, 7) is 1.42. The highest BCUT2D eigenvalue weighted by atomic mass is 16.7. The molecule has 0 aliphatic carbocycles. The van der Waals surface area contributed by atoms with Crippen LogP contribution in [0.3, 0.4) is 0 Å². The van der Waals surface area contributed by atoms with Crippen molar-refractivity contribution in [2.75, 3.05) is 26.5 Å². The first-order chi connectivity index (χ1) is 10.7. The van der Waals surface area contributed by atoms with Crippen molar-refractivity contribution < 1.29 is 23.8 Å². The molecular weight excluding hydrogens is 288 g/mol. The minimum Gasteiger partial charge on any atom is -0.492 e. The fraction of sp³-hybridized carbons (Fsp3) is 0.467. The molecule has 1 aromatic rings. The van der Waals surface area contributed by atoms with Crippen LogP contribution in [-0.4, -0.2) is 38.3 Å². The van der Waals surface area contributed by atoms with Crippen LogP contribution in [0.4, 0.5) is 0 Å². The third-order valence-electron chi connectivity index (χ3n) is 3.65. The highest BCUT2D eigenvalue weighted by molar-refractivity contribution is 5.83. The topological polar surface area (TPSA) is 85.9 Å². The molecule has 2 N–H and O–H groups in total. The maximum atomic E-state index is 11.9. The molecule has 0 spiro atoms. The van der Waals surface area contributed by atoms with Gasteiger partial charge in [0, 0.05) is 19.0 Å². The summed E-state index contributed by atoms with van der Waals surface area (Å²) in [7, 11) is 0. The van der Waals surface area contributed by atoms with E-state index in [4.69, 9.17) is 14.2 Å². The molecule has 118 valence electrons. The molecule has 7 nitrogen and oxygen atoms in total. The van der Waals surface area contributed by atoms with E-state index in [9.17, 15) is 9.59 Å². The van der Waals surface area contributed by atoms with Crippen LogP contribution < -0.4 is 24.8 Å². The molecule has 0 saturated carbocycles. The van der Waals surface area contributed by atoms with Crippen molar-refractivity contribution in [2.45, 2.75) is 12.8 Å². The van der Waals surface area contributed by atoms with Gasteiger partial charge in [-0.3, -0.25) is 9.59 Å². The second-order valence-corrected chi connectivity index (χ2v) is 5.19. The van der Waals surface area contributed by atoms with E-state index in [1.807, 2.05) is 0 Å². The molecule has 7 heteroatoms. The molecule has 1 atom stereocenters. The lowest BCUT2D eigenvalue weighted by atomic mass is 9.98. The van der Waals surface area contributed by atoms with Crippen LogP contribution in [-0.2, 0) is 9.59 Å². The SMILES string of the molecule is O=C1CC[C@@H](C(=O)NCCOc2ccc3c(c2)OCO3)CN1. The zero-order valence-corrected chi connectivity index (χ0v) is 12.1. The van der Waals surface area contributed by atoms with Crippen LogP contribution in [0, 0.1) is 5.92 Å². The molecule has 1 saturated heterocycles. The summed E-state index contributed by atoms with van der Waals surface area (Å²) in [4.78, 5) is 23.0. The largest absolute Gasteiger partial charge is 0.492 e. The fourth-order valence-corrected chi connectivity index (χ4v) is 2.41. The number of ether oxygens (including phenoxy) is 3. The lowest BCUT2D eigenvalue weighted by molar-refractivity contribution is -0.129. The Hall–Kier alpha value is -2.44. The van der Waals surface area contributed by atoms with Gasteiger partial charge in [0.15, 0.2) is 11.5 Å². The standard InChI is InChI=1S/C15H18N2O5/c18-14-4-1-10(8-17-14)15(19)16-5-6-20-11-2-3-12-13(7-11)22-9-21-12/h2-3,7,10H,1,4-6,8-9H2,(H,16,19)(H,17,18)/t10-/m1/s1. The van der Waals surface area contributed by atoms with Crippen molar-refractivity contribution in [2.24, 2.45) is 5.92 Å². The van der Waals surface area contributed by atoms with Crippen molar-refractivity contribution in [1.29, 1.82) is 0 Å². The second kappa shape index (κ2) is 6.55. The minimum atomic E-state index is -0.150. The second-order valence-electron chi connectivity index (χ2n) is 5.19. The smallest absolute Gasteiger partial charge is 0.231 e. The summed E-state index contributed by atoms with van der Waals surface area (Å²) < 4.78 is 16.1. The van der Waals surface area contributed by atoms with Crippen molar-refractivity contribution in [3.05, 3.63) is 18.2 Å². The van der Waals surface area contributed by atoms with E-state index in [0.29, 0.717) is 49.8 Å².